The van der Waals surface area contributed by atoms with E-state index >= 15 is 0 Å². The Hall–Kier alpha value is -2.15. The zero-order chi connectivity index (χ0) is 12.0. The summed E-state index contributed by atoms with van der Waals surface area (Å²) >= 11 is 5.73. The molecule has 0 saturated heterocycles. The van der Waals surface area contributed by atoms with E-state index in [0.717, 1.165) is 0 Å². The monoisotopic (exact) mass is 235 g/mol. The van der Waals surface area contributed by atoms with Crippen molar-refractivity contribution in [3.05, 3.63) is 44.8 Å². The van der Waals surface area contributed by atoms with Gasteiger partial charge in [0, 0.05) is 10.5 Å². The molecule has 0 saturated carbocycles. The molecule has 0 atom stereocenters. The standard InChI is InChI=1S/C10H6ClN3O2/c11-9-6-7(2-1-5-13-14-12)3-4-8(9)10(15)16/h3-4,6H,5H2,(H,15,16). The highest BCUT2D eigenvalue weighted by Gasteiger charge is 2.07. The zero-order valence-electron chi connectivity index (χ0n) is 8.01. The van der Waals surface area contributed by atoms with Gasteiger partial charge in [0.05, 0.1) is 17.1 Å². The molecule has 0 spiro atoms. The number of carboxylic acid groups (broad SMARTS) is 1. The Bertz CT molecular complexity index is 525. The van der Waals surface area contributed by atoms with Crippen molar-refractivity contribution in [2.75, 3.05) is 6.54 Å². The number of halogens is 1. The van der Waals surface area contributed by atoms with Crippen LogP contribution in [0.3, 0.4) is 0 Å². The normalized spacial score (nSPS) is 8.56. The predicted molar refractivity (Wildman–Crippen MR) is 59.3 cm³/mol. The van der Waals surface area contributed by atoms with Crippen LogP contribution in [0.1, 0.15) is 15.9 Å². The Kier molecular flexibility index (Phi) is 4.22. The van der Waals surface area contributed by atoms with Crippen molar-refractivity contribution in [3.8, 4) is 11.8 Å². The lowest BCUT2D eigenvalue weighted by molar-refractivity contribution is 0.0697. The van der Waals surface area contributed by atoms with E-state index in [2.05, 4.69) is 21.9 Å². The number of carbonyl (C=O) groups is 1. The second-order valence-electron chi connectivity index (χ2n) is 2.69. The summed E-state index contributed by atoms with van der Waals surface area (Å²) in [6.07, 6.45) is 0. The number of hydrogen-bond acceptors (Lipinski definition) is 2. The second-order valence-corrected chi connectivity index (χ2v) is 3.10. The van der Waals surface area contributed by atoms with E-state index in [1.807, 2.05) is 0 Å². The van der Waals surface area contributed by atoms with Crippen LogP contribution in [0.25, 0.3) is 10.4 Å². The lowest BCUT2D eigenvalue weighted by atomic mass is 10.1. The van der Waals surface area contributed by atoms with Gasteiger partial charge in [0.1, 0.15) is 0 Å². The molecule has 0 aliphatic carbocycles. The third-order valence-electron chi connectivity index (χ3n) is 1.65. The molecule has 1 aromatic rings. The van der Waals surface area contributed by atoms with Gasteiger partial charge in [-0.3, -0.25) is 0 Å². The summed E-state index contributed by atoms with van der Waals surface area (Å²) in [5.41, 5.74) is 8.61. The van der Waals surface area contributed by atoms with Gasteiger partial charge in [0.25, 0.3) is 0 Å². The Morgan fingerprint density at radius 2 is 2.38 bits per heavy atom. The molecule has 0 unspecified atom stereocenters. The Morgan fingerprint density at radius 1 is 1.62 bits per heavy atom. The molecule has 0 radical (unpaired) electrons. The van der Waals surface area contributed by atoms with E-state index < -0.39 is 5.97 Å². The number of benzene rings is 1. The molecule has 1 rings (SSSR count). The van der Waals surface area contributed by atoms with Crippen molar-refractivity contribution in [1.82, 2.24) is 0 Å². The number of hydrogen-bond donors (Lipinski definition) is 1. The van der Waals surface area contributed by atoms with E-state index in [4.69, 9.17) is 22.2 Å². The molecule has 1 N–H and O–H groups in total. The maximum atomic E-state index is 10.7. The summed E-state index contributed by atoms with van der Waals surface area (Å²) in [5, 5.41) is 12.1. The molecule has 0 heterocycles. The van der Waals surface area contributed by atoms with Crippen molar-refractivity contribution in [1.29, 1.82) is 0 Å². The molecule has 0 aliphatic rings. The molecule has 0 amide bonds. The molecule has 5 nitrogen and oxygen atoms in total. The van der Waals surface area contributed by atoms with Crippen LogP contribution in [0, 0.1) is 11.8 Å². The number of carboxylic acids is 1. The topological polar surface area (TPSA) is 86.1 Å². The number of azide groups is 1. The van der Waals surface area contributed by atoms with E-state index in [1.165, 1.54) is 12.1 Å². The maximum absolute atomic E-state index is 10.7. The first-order valence-electron chi connectivity index (χ1n) is 4.17. The van der Waals surface area contributed by atoms with Crippen LogP contribution in [0.4, 0.5) is 0 Å². The average molecular weight is 236 g/mol. The van der Waals surface area contributed by atoms with Gasteiger partial charge in [0.15, 0.2) is 0 Å². The molecule has 0 aliphatic heterocycles. The molecule has 0 aromatic heterocycles. The number of rotatable bonds is 2. The molecule has 6 heteroatoms. The van der Waals surface area contributed by atoms with E-state index in [9.17, 15) is 4.79 Å². The maximum Gasteiger partial charge on any atom is 0.337 e. The van der Waals surface area contributed by atoms with Gasteiger partial charge < -0.3 is 5.11 Å². The Balaban J connectivity index is 2.92. The highest BCUT2D eigenvalue weighted by atomic mass is 35.5. The van der Waals surface area contributed by atoms with Gasteiger partial charge in [-0.2, -0.15) is 0 Å². The van der Waals surface area contributed by atoms with E-state index in [-0.39, 0.29) is 17.1 Å². The first-order valence-corrected chi connectivity index (χ1v) is 4.55. The van der Waals surface area contributed by atoms with Gasteiger partial charge in [-0.1, -0.05) is 28.6 Å². The minimum absolute atomic E-state index is 0.0299. The Morgan fingerprint density at radius 3 is 2.94 bits per heavy atom. The summed E-state index contributed by atoms with van der Waals surface area (Å²) < 4.78 is 0. The summed E-state index contributed by atoms with van der Waals surface area (Å²) in [7, 11) is 0. The lowest BCUT2D eigenvalue weighted by Gasteiger charge is -1.98. The molecule has 0 fully saturated rings. The zero-order valence-corrected chi connectivity index (χ0v) is 8.77. The highest BCUT2D eigenvalue weighted by Crippen LogP contribution is 2.17. The largest absolute Gasteiger partial charge is 0.478 e. The molecular weight excluding hydrogens is 230 g/mol. The van der Waals surface area contributed by atoms with Gasteiger partial charge in [-0.15, -0.1) is 0 Å². The fourth-order valence-electron chi connectivity index (χ4n) is 0.975. The average Bonchev–Trinajstić information content (AvgIpc) is 2.24. The summed E-state index contributed by atoms with van der Waals surface area (Å²) in [4.78, 5) is 13.2. The van der Waals surface area contributed by atoms with Crippen LogP contribution in [0.5, 0.6) is 0 Å². The Labute approximate surface area is 96.3 Å². The van der Waals surface area contributed by atoms with Crippen LogP contribution in [0.2, 0.25) is 5.02 Å². The van der Waals surface area contributed by atoms with Crippen LogP contribution < -0.4 is 0 Å². The van der Waals surface area contributed by atoms with Gasteiger partial charge in [-0.25, -0.2) is 4.79 Å². The van der Waals surface area contributed by atoms with Crippen molar-refractivity contribution < 1.29 is 9.90 Å². The smallest absolute Gasteiger partial charge is 0.337 e. The SMILES string of the molecule is [N-]=[N+]=NCC#Cc1ccc(C(=O)O)c(Cl)c1. The van der Waals surface area contributed by atoms with Crippen LogP contribution in [-0.4, -0.2) is 17.6 Å². The first kappa shape index (κ1) is 11.9. The summed E-state index contributed by atoms with van der Waals surface area (Å²) in [6.45, 7) is 0.0643. The summed E-state index contributed by atoms with van der Waals surface area (Å²) in [6, 6.07) is 4.37. The van der Waals surface area contributed by atoms with Gasteiger partial charge in [0.2, 0.25) is 0 Å². The van der Waals surface area contributed by atoms with Crippen molar-refractivity contribution in [3.63, 3.8) is 0 Å². The first-order chi connectivity index (χ1) is 7.65. The number of aromatic carboxylic acids is 1. The molecular formula is C10H6ClN3O2. The van der Waals surface area contributed by atoms with Gasteiger partial charge in [-0.05, 0) is 23.7 Å². The molecule has 16 heavy (non-hydrogen) atoms. The van der Waals surface area contributed by atoms with E-state index in [1.54, 1.807) is 6.07 Å². The quantitative estimate of drug-likeness (QED) is 0.370. The second kappa shape index (κ2) is 5.66. The highest BCUT2D eigenvalue weighted by molar-refractivity contribution is 6.33. The molecule has 0 bridgehead atoms. The predicted octanol–water partition coefficient (Wildman–Crippen LogP) is 2.70. The van der Waals surface area contributed by atoms with Crippen LogP contribution >= 0.6 is 11.6 Å². The van der Waals surface area contributed by atoms with Crippen molar-refractivity contribution in [2.45, 2.75) is 0 Å². The minimum Gasteiger partial charge on any atom is -0.478 e. The fourth-order valence-corrected chi connectivity index (χ4v) is 1.24. The lowest BCUT2D eigenvalue weighted by Crippen LogP contribution is -1.97. The molecule has 80 valence electrons. The van der Waals surface area contributed by atoms with Crippen molar-refractivity contribution >= 4 is 17.6 Å². The van der Waals surface area contributed by atoms with Crippen molar-refractivity contribution in [2.24, 2.45) is 5.11 Å². The summed E-state index contributed by atoms with van der Waals surface area (Å²) in [5.74, 6) is 4.21. The molecule has 1 aromatic carbocycles. The van der Waals surface area contributed by atoms with Gasteiger partial charge >= 0.3 is 5.97 Å². The van der Waals surface area contributed by atoms with Crippen LogP contribution in [0.15, 0.2) is 23.3 Å². The van der Waals surface area contributed by atoms with E-state index in [0.29, 0.717) is 5.56 Å². The van der Waals surface area contributed by atoms with Crippen LogP contribution in [-0.2, 0) is 0 Å². The minimum atomic E-state index is -1.08. The third-order valence-corrected chi connectivity index (χ3v) is 1.96. The number of nitrogens with zero attached hydrogens (tertiary/aromatic N) is 3. The fraction of sp³-hybridized carbons (Fsp3) is 0.100. The third kappa shape index (κ3) is 3.21.